The number of ether oxygens (including phenoxy) is 1. The first-order chi connectivity index (χ1) is 13.2. The number of nitrogens with one attached hydrogen (secondary N) is 1. The number of amides is 1. The smallest absolute Gasteiger partial charge is 0.233 e. The van der Waals surface area contributed by atoms with Crippen molar-refractivity contribution in [2.24, 2.45) is 0 Å². The molecule has 2 aromatic heterocycles. The molecule has 3 rings (SSSR count). The summed E-state index contributed by atoms with van der Waals surface area (Å²) in [5, 5.41) is 11.8. The number of thioether (sulfide) groups is 1. The maximum atomic E-state index is 12.3. The minimum Gasteiger partial charge on any atom is -0.461 e. The van der Waals surface area contributed by atoms with Gasteiger partial charge >= 0.3 is 0 Å². The molecule has 0 aliphatic rings. The number of hydrogen-bond acceptors (Lipinski definition) is 6. The van der Waals surface area contributed by atoms with Crippen LogP contribution in [0.2, 0.25) is 0 Å². The highest BCUT2D eigenvalue weighted by Gasteiger charge is 2.21. The molecule has 0 unspecified atom stereocenters. The fraction of sp³-hybridized carbons (Fsp3) is 0.316. The Kier molecular flexibility index (Phi) is 6.67. The van der Waals surface area contributed by atoms with Crippen molar-refractivity contribution < 1.29 is 13.9 Å². The van der Waals surface area contributed by atoms with Gasteiger partial charge in [0.25, 0.3) is 0 Å². The number of methoxy groups -OCH3 is 1. The van der Waals surface area contributed by atoms with Crippen molar-refractivity contribution in [3.8, 4) is 11.6 Å². The van der Waals surface area contributed by atoms with Gasteiger partial charge in [-0.25, -0.2) is 0 Å². The van der Waals surface area contributed by atoms with Crippen molar-refractivity contribution in [2.45, 2.75) is 23.9 Å². The average molecular weight is 386 g/mol. The van der Waals surface area contributed by atoms with Gasteiger partial charge in [-0.15, -0.1) is 10.2 Å². The summed E-state index contributed by atoms with van der Waals surface area (Å²) in [6.45, 7) is 3.40. The summed E-state index contributed by atoms with van der Waals surface area (Å²) in [5.74, 6) is 1.21. The van der Waals surface area contributed by atoms with Crippen LogP contribution in [0.3, 0.4) is 0 Å². The molecule has 8 heteroatoms. The van der Waals surface area contributed by atoms with Gasteiger partial charge in [0.15, 0.2) is 10.9 Å². The van der Waals surface area contributed by atoms with Crippen LogP contribution in [0, 0.1) is 0 Å². The largest absolute Gasteiger partial charge is 0.461 e. The molecular formula is C19H22N4O3S. The third kappa shape index (κ3) is 4.99. The first kappa shape index (κ1) is 19.2. The molecule has 2 heterocycles. The molecule has 0 aliphatic heterocycles. The van der Waals surface area contributed by atoms with Crippen molar-refractivity contribution in [3.63, 3.8) is 0 Å². The van der Waals surface area contributed by atoms with Gasteiger partial charge in [-0.1, -0.05) is 42.1 Å². The standard InChI is InChI=1S/C19H22N4O3S/c1-14(18(24)20-10-12-25-2)27-19-22-21-17(16-9-6-11-26-16)23(19)13-15-7-4-3-5-8-15/h3-9,11,14H,10,12-13H2,1-2H3,(H,20,24)/t14-/m0/s1. The van der Waals surface area contributed by atoms with Crippen LogP contribution >= 0.6 is 11.8 Å². The summed E-state index contributed by atoms with van der Waals surface area (Å²) < 4.78 is 12.4. The van der Waals surface area contributed by atoms with E-state index in [1.165, 1.54) is 11.8 Å². The second kappa shape index (κ2) is 9.38. The van der Waals surface area contributed by atoms with E-state index in [0.29, 0.717) is 36.4 Å². The van der Waals surface area contributed by atoms with Crippen molar-refractivity contribution in [2.75, 3.05) is 20.3 Å². The van der Waals surface area contributed by atoms with E-state index in [4.69, 9.17) is 9.15 Å². The molecule has 7 nitrogen and oxygen atoms in total. The average Bonchev–Trinajstić information content (AvgIpc) is 3.33. The van der Waals surface area contributed by atoms with E-state index in [0.717, 1.165) is 5.56 Å². The highest BCUT2D eigenvalue weighted by atomic mass is 32.2. The summed E-state index contributed by atoms with van der Waals surface area (Å²) in [7, 11) is 1.60. The minimum absolute atomic E-state index is 0.0640. The molecule has 1 amide bonds. The molecular weight excluding hydrogens is 364 g/mol. The molecule has 1 aromatic carbocycles. The van der Waals surface area contributed by atoms with Gasteiger partial charge in [0.2, 0.25) is 11.7 Å². The predicted molar refractivity (Wildman–Crippen MR) is 103 cm³/mol. The van der Waals surface area contributed by atoms with Gasteiger partial charge in [0.1, 0.15) is 0 Å². The monoisotopic (exact) mass is 386 g/mol. The Bertz CT molecular complexity index is 849. The Morgan fingerprint density at radius 2 is 2.07 bits per heavy atom. The van der Waals surface area contributed by atoms with Gasteiger partial charge in [-0.05, 0) is 24.6 Å². The molecule has 0 radical (unpaired) electrons. The molecule has 0 spiro atoms. The highest BCUT2D eigenvalue weighted by Crippen LogP contribution is 2.28. The molecule has 0 aliphatic carbocycles. The molecule has 0 fully saturated rings. The SMILES string of the molecule is COCCNC(=O)[C@H](C)Sc1nnc(-c2ccco2)n1Cc1ccccc1. The number of benzene rings is 1. The van der Waals surface area contributed by atoms with Crippen LogP contribution in [0.1, 0.15) is 12.5 Å². The third-order valence-corrected chi connectivity index (χ3v) is 4.98. The van der Waals surface area contributed by atoms with Crippen LogP contribution in [0.5, 0.6) is 0 Å². The maximum Gasteiger partial charge on any atom is 0.233 e. The van der Waals surface area contributed by atoms with E-state index in [1.807, 2.05) is 54.0 Å². The second-order valence-electron chi connectivity index (χ2n) is 5.90. The summed E-state index contributed by atoms with van der Waals surface area (Å²) in [5.41, 5.74) is 1.11. The van der Waals surface area contributed by atoms with E-state index < -0.39 is 0 Å². The summed E-state index contributed by atoms with van der Waals surface area (Å²) in [6.07, 6.45) is 1.61. The molecule has 3 aromatic rings. The number of furan rings is 1. The van der Waals surface area contributed by atoms with E-state index in [2.05, 4.69) is 15.5 Å². The van der Waals surface area contributed by atoms with Crippen LogP contribution in [-0.2, 0) is 16.1 Å². The Morgan fingerprint density at radius 3 is 2.78 bits per heavy atom. The predicted octanol–water partition coefficient (Wildman–Crippen LogP) is 2.83. The van der Waals surface area contributed by atoms with Gasteiger partial charge in [0, 0.05) is 13.7 Å². The number of aromatic nitrogens is 3. The first-order valence-corrected chi connectivity index (χ1v) is 9.51. The molecule has 27 heavy (non-hydrogen) atoms. The lowest BCUT2D eigenvalue weighted by molar-refractivity contribution is -0.120. The molecule has 0 saturated carbocycles. The first-order valence-electron chi connectivity index (χ1n) is 8.63. The highest BCUT2D eigenvalue weighted by molar-refractivity contribution is 8.00. The molecule has 1 N–H and O–H groups in total. The molecule has 142 valence electrons. The fourth-order valence-electron chi connectivity index (χ4n) is 2.50. The van der Waals surface area contributed by atoms with Crippen LogP contribution in [0.25, 0.3) is 11.6 Å². The van der Waals surface area contributed by atoms with Crippen LogP contribution in [0.4, 0.5) is 0 Å². The van der Waals surface area contributed by atoms with Crippen molar-refractivity contribution in [1.82, 2.24) is 20.1 Å². The number of carbonyl (C=O) groups excluding carboxylic acids is 1. The number of nitrogens with zero attached hydrogens (tertiary/aromatic N) is 3. The van der Waals surface area contributed by atoms with Gasteiger partial charge in [-0.3, -0.25) is 9.36 Å². The lowest BCUT2D eigenvalue weighted by atomic mass is 10.2. The van der Waals surface area contributed by atoms with Gasteiger partial charge < -0.3 is 14.5 Å². The number of rotatable bonds is 9. The van der Waals surface area contributed by atoms with E-state index in [1.54, 1.807) is 13.4 Å². The zero-order valence-electron chi connectivity index (χ0n) is 15.3. The van der Waals surface area contributed by atoms with Crippen molar-refractivity contribution in [1.29, 1.82) is 0 Å². The lowest BCUT2D eigenvalue weighted by Gasteiger charge is -2.13. The Labute approximate surface area is 162 Å². The van der Waals surface area contributed by atoms with Crippen LogP contribution in [-0.4, -0.2) is 46.2 Å². The summed E-state index contributed by atoms with van der Waals surface area (Å²) in [4.78, 5) is 12.3. The maximum absolute atomic E-state index is 12.3. The van der Waals surface area contributed by atoms with Crippen LogP contribution in [0.15, 0.2) is 58.3 Å². The minimum atomic E-state index is -0.315. The normalized spacial score (nSPS) is 12.1. The van der Waals surface area contributed by atoms with E-state index in [-0.39, 0.29) is 11.2 Å². The third-order valence-electron chi connectivity index (χ3n) is 3.90. The van der Waals surface area contributed by atoms with Crippen molar-refractivity contribution in [3.05, 3.63) is 54.3 Å². The Morgan fingerprint density at radius 1 is 1.26 bits per heavy atom. The Balaban J connectivity index is 1.81. The fourth-order valence-corrected chi connectivity index (χ4v) is 3.38. The molecule has 1 atom stereocenters. The van der Waals surface area contributed by atoms with E-state index >= 15 is 0 Å². The zero-order valence-corrected chi connectivity index (χ0v) is 16.1. The second-order valence-corrected chi connectivity index (χ2v) is 7.21. The molecule has 0 saturated heterocycles. The van der Waals surface area contributed by atoms with Crippen LogP contribution < -0.4 is 5.32 Å². The van der Waals surface area contributed by atoms with Gasteiger partial charge in [0.05, 0.1) is 24.7 Å². The van der Waals surface area contributed by atoms with E-state index in [9.17, 15) is 4.79 Å². The quantitative estimate of drug-likeness (QED) is 0.450. The number of carbonyl (C=O) groups is 1. The summed E-state index contributed by atoms with van der Waals surface area (Å²) >= 11 is 1.37. The molecule has 0 bridgehead atoms. The zero-order chi connectivity index (χ0) is 19.1. The topological polar surface area (TPSA) is 82.2 Å². The number of hydrogen-bond donors (Lipinski definition) is 1. The van der Waals surface area contributed by atoms with Gasteiger partial charge in [-0.2, -0.15) is 0 Å². The lowest BCUT2D eigenvalue weighted by Crippen LogP contribution is -2.33. The van der Waals surface area contributed by atoms with Crippen molar-refractivity contribution >= 4 is 17.7 Å². The summed E-state index contributed by atoms with van der Waals surface area (Å²) in [6, 6.07) is 13.7. The Hall–Kier alpha value is -2.58.